The van der Waals surface area contributed by atoms with E-state index in [0.717, 1.165) is 41.3 Å². The number of carboxylic acid groups (broad SMARTS) is 1. The number of rotatable bonds is 8. The van der Waals surface area contributed by atoms with Gasteiger partial charge in [-0.3, -0.25) is 9.48 Å². The number of carbonyl (C=O) groups is 1. The fourth-order valence-electron chi connectivity index (χ4n) is 5.98. The number of benzene rings is 3. The van der Waals surface area contributed by atoms with Crippen LogP contribution < -0.4 is 14.2 Å². The summed E-state index contributed by atoms with van der Waals surface area (Å²) in [5.41, 5.74) is 9.37. The molecule has 4 aromatic rings. The topological polar surface area (TPSA) is 82.8 Å². The summed E-state index contributed by atoms with van der Waals surface area (Å²) in [6.07, 6.45) is 3.64. The van der Waals surface area contributed by atoms with Crippen molar-refractivity contribution in [3.63, 3.8) is 0 Å². The zero-order valence-electron chi connectivity index (χ0n) is 22.4. The molecule has 2 heterocycles. The Hall–Kier alpha value is -4.26. The van der Waals surface area contributed by atoms with Crippen molar-refractivity contribution >= 4 is 5.97 Å². The highest BCUT2D eigenvalue weighted by Gasteiger charge is 2.30. The van der Waals surface area contributed by atoms with Crippen LogP contribution in [0.15, 0.2) is 60.8 Å². The van der Waals surface area contributed by atoms with E-state index in [1.165, 1.54) is 33.4 Å². The van der Waals surface area contributed by atoms with E-state index in [4.69, 9.17) is 19.3 Å². The van der Waals surface area contributed by atoms with Crippen molar-refractivity contribution < 1.29 is 24.1 Å². The highest BCUT2D eigenvalue weighted by molar-refractivity contribution is 5.76. The maximum Gasteiger partial charge on any atom is 0.304 e. The number of nitrogens with zero attached hydrogens (tertiary/aromatic N) is 2. The minimum Gasteiger partial charge on any atom is -0.492 e. The molecule has 0 spiro atoms. The summed E-state index contributed by atoms with van der Waals surface area (Å²) in [5, 5.41) is 13.4. The standard InChI is InChI=1S/C32H32N2O5/c1-19-13-24(37-18-22-11-12-33-34(22)3)14-20(2)32(19)28-6-4-5-27-26(28)9-10-29(27)39-23-7-8-25-21(15-31(35)36)17-38-30(25)16-23/h4-8,11-14,16,21,29H,9-10,15,17-18H2,1-3H3,(H,35,36)/t21-,29?/m1/s1. The molecular weight excluding hydrogens is 492 g/mol. The van der Waals surface area contributed by atoms with Gasteiger partial charge in [-0.2, -0.15) is 5.10 Å². The molecule has 1 unspecified atom stereocenters. The Bertz CT molecular complexity index is 1530. The molecule has 0 saturated carbocycles. The second-order valence-corrected chi connectivity index (χ2v) is 10.5. The molecule has 3 aromatic carbocycles. The van der Waals surface area contributed by atoms with Crippen molar-refractivity contribution in [1.29, 1.82) is 0 Å². The van der Waals surface area contributed by atoms with Gasteiger partial charge in [0, 0.05) is 30.8 Å². The van der Waals surface area contributed by atoms with E-state index in [1.807, 2.05) is 36.0 Å². The quantitative estimate of drug-likeness (QED) is 0.291. The average Bonchev–Trinajstić information content (AvgIpc) is 3.61. The third-order valence-electron chi connectivity index (χ3n) is 7.86. The Labute approximate surface area is 228 Å². The second-order valence-electron chi connectivity index (χ2n) is 10.5. The van der Waals surface area contributed by atoms with Crippen LogP contribution in [0, 0.1) is 13.8 Å². The van der Waals surface area contributed by atoms with Crippen LogP contribution in [-0.2, 0) is 24.9 Å². The van der Waals surface area contributed by atoms with Crippen molar-refractivity contribution in [2.75, 3.05) is 6.61 Å². The van der Waals surface area contributed by atoms with Crippen LogP contribution in [-0.4, -0.2) is 27.5 Å². The van der Waals surface area contributed by atoms with Gasteiger partial charge in [0.1, 0.15) is 30.0 Å². The van der Waals surface area contributed by atoms with Crippen molar-refractivity contribution in [2.45, 2.75) is 51.7 Å². The minimum absolute atomic E-state index is 0.0451. The van der Waals surface area contributed by atoms with E-state index < -0.39 is 5.97 Å². The monoisotopic (exact) mass is 524 g/mol. The normalized spacial score (nSPS) is 17.4. The van der Waals surface area contributed by atoms with Gasteiger partial charge in [-0.1, -0.05) is 24.3 Å². The molecule has 0 radical (unpaired) electrons. The Morgan fingerprint density at radius 3 is 2.64 bits per heavy atom. The molecule has 200 valence electrons. The van der Waals surface area contributed by atoms with Gasteiger partial charge in [0.2, 0.25) is 0 Å². The molecule has 2 atom stereocenters. The van der Waals surface area contributed by atoms with Gasteiger partial charge < -0.3 is 19.3 Å². The summed E-state index contributed by atoms with van der Waals surface area (Å²) in [5.74, 6) is 1.40. The van der Waals surface area contributed by atoms with E-state index in [0.29, 0.717) is 13.2 Å². The molecule has 7 nitrogen and oxygen atoms in total. The third-order valence-corrected chi connectivity index (χ3v) is 7.86. The maximum absolute atomic E-state index is 11.2. The van der Waals surface area contributed by atoms with Crippen LogP contribution in [0.1, 0.15) is 58.4 Å². The van der Waals surface area contributed by atoms with E-state index in [2.05, 4.69) is 49.3 Å². The molecule has 0 saturated heterocycles. The lowest BCUT2D eigenvalue weighted by molar-refractivity contribution is -0.137. The van der Waals surface area contributed by atoms with Crippen LogP contribution >= 0.6 is 0 Å². The number of ether oxygens (including phenoxy) is 3. The molecule has 39 heavy (non-hydrogen) atoms. The predicted octanol–water partition coefficient (Wildman–Crippen LogP) is 6.30. The Morgan fingerprint density at radius 2 is 1.90 bits per heavy atom. The fraction of sp³-hybridized carbons (Fsp3) is 0.312. The lowest BCUT2D eigenvalue weighted by Crippen LogP contribution is -2.07. The largest absolute Gasteiger partial charge is 0.492 e. The number of hydrogen-bond acceptors (Lipinski definition) is 5. The summed E-state index contributed by atoms with van der Waals surface area (Å²) in [4.78, 5) is 11.2. The Morgan fingerprint density at radius 1 is 1.08 bits per heavy atom. The predicted molar refractivity (Wildman–Crippen MR) is 148 cm³/mol. The minimum atomic E-state index is -0.813. The molecule has 6 rings (SSSR count). The smallest absolute Gasteiger partial charge is 0.304 e. The van der Waals surface area contributed by atoms with Crippen molar-refractivity contribution in [3.8, 4) is 28.4 Å². The van der Waals surface area contributed by atoms with Gasteiger partial charge >= 0.3 is 5.97 Å². The SMILES string of the molecule is Cc1cc(OCc2ccnn2C)cc(C)c1-c1cccc2c1CCC2Oc1ccc2c(c1)OC[C@H]2CC(=O)O. The van der Waals surface area contributed by atoms with Crippen molar-refractivity contribution in [3.05, 3.63) is 94.3 Å². The molecule has 0 bridgehead atoms. The molecule has 0 amide bonds. The molecule has 1 aliphatic carbocycles. The van der Waals surface area contributed by atoms with Crippen LogP contribution in [0.3, 0.4) is 0 Å². The summed E-state index contributed by atoms with van der Waals surface area (Å²) in [6.45, 7) is 5.16. The van der Waals surface area contributed by atoms with Gasteiger partial charge in [0.25, 0.3) is 0 Å². The second kappa shape index (κ2) is 10.1. The highest BCUT2D eigenvalue weighted by Crippen LogP contribution is 2.44. The van der Waals surface area contributed by atoms with Gasteiger partial charge in [0.15, 0.2) is 0 Å². The molecular formula is C32H32N2O5. The molecule has 0 fully saturated rings. The van der Waals surface area contributed by atoms with Gasteiger partial charge in [0.05, 0.1) is 18.7 Å². The van der Waals surface area contributed by atoms with E-state index in [-0.39, 0.29) is 18.4 Å². The zero-order valence-corrected chi connectivity index (χ0v) is 22.4. The van der Waals surface area contributed by atoms with Gasteiger partial charge in [-0.05, 0) is 84.3 Å². The summed E-state index contributed by atoms with van der Waals surface area (Å²) in [7, 11) is 1.92. The summed E-state index contributed by atoms with van der Waals surface area (Å²) in [6, 6.07) is 18.5. The van der Waals surface area contributed by atoms with Crippen LogP contribution in [0.5, 0.6) is 17.2 Å². The summed E-state index contributed by atoms with van der Waals surface area (Å²) < 4.78 is 20.2. The van der Waals surface area contributed by atoms with Gasteiger partial charge in [-0.25, -0.2) is 0 Å². The number of fused-ring (bicyclic) bond motifs is 2. The Balaban J connectivity index is 1.22. The van der Waals surface area contributed by atoms with Crippen molar-refractivity contribution in [1.82, 2.24) is 9.78 Å². The first-order valence-corrected chi connectivity index (χ1v) is 13.4. The Kier molecular flexibility index (Phi) is 6.51. The van der Waals surface area contributed by atoms with E-state index in [9.17, 15) is 4.79 Å². The first kappa shape index (κ1) is 25.0. The molecule has 1 aliphatic heterocycles. The van der Waals surface area contributed by atoms with Crippen LogP contribution in [0.4, 0.5) is 0 Å². The first-order valence-electron chi connectivity index (χ1n) is 13.4. The molecule has 1 N–H and O–H groups in total. The van der Waals surface area contributed by atoms with Crippen molar-refractivity contribution in [2.24, 2.45) is 7.05 Å². The fourth-order valence-corrected chi connectivity index (χ4v) is 5.98. The average molecular weight is 525 g/mol. The lowest BCUT2D eigenvalue weighted by atomic mass is 9.90. The number of hydrogen-bond donors (Lipinski definition) is 1. The third kappa shape index (κ3) is 4.85. The molecule has 2 aliphatic rings. The number of aliphatic carboxylic acids is 1. The highest BCUT2D eigenvalue weighted by atomic mass is 16.5. The zero-order chi connectivity index (χ0) is 27.1. The maximum atomic E-state index is 11.2. The number of carboxylic acids is 1. The lowest BCUT2D eigenvalue weighted by Gasteiger charge is -2.18. The summed E-state index contributed by atoms with van der Waals surface area (Å²) >= 11 is 0. The van der Waals surface area contributed by atoms with Gasteiger partial charge in [-0.15, -0.1) is 0 Å². The first-order chi connectivity index (χ1) is 18.9. The van der Waals surface area contributed by atoms with Crippen LogP contribution in [0.25, 0.3) is 11.1 Å². The van der Waals surface area contributed by atoms with E-state index in [1.54, 1.807) is 6.20 Å². The number of aryl methyl sites for hydroxylation is 3. The van der Waals surface area contributed by atoms with E-state index >= 15 is 0 Å². The van der Waals surface area contributed by atoms with Crippen LogP contribution in [0.2, 0.25) is 0 Å². The number of aromatic nitrogens is 2. The molecule has 7 heteroatoms. The molecule has 1 aromatic heterocycles.